The van der Waals surface area contributed by atoms with Crippen LogP contribution < -0.4 is 19.5 Å². The van der Waals surface area contributed by atoms with Crippen LogP contribution in [-0.4, -0.2) is 58.5 Å². The van der Waals surface area contributed by atoms with Crippen LogP contribution in [0.15, 0.2) is 83.8 Å². The van der Waals surface area contributed by atoms with E-state index in [4.69, 9.17) is 4.84 Å². The average molecular weight is 565 g/mol. The molecule has 40 heavy (non-hydrogen) atoms. The summed E-state index contributed by atoms with van der Waals surface area (Å²) in [5.74, 6) is 0.185. The zero-order chi connectivity index (χ0) is 28.4. The fourth-order valence-corrected chi connectivity index (χ4v) is 6.13. The topological polar surface area (TPSA) is 82.2 Å². The fraction of sp³-hybridized carbons (Fsp3) is 0.387. The third-order valence-electron chi connectivity index (χ3n) is 7.12. The van der Waals surface area contributed by atoms with Crippen LogP contribution in [0.3, 0.4) is 0 Å². The zero-order valence-corrected chi connectivity index (χ0v) is 24.3. The van der Waals surface area contributed by atoms with Gasteiger partial charge in [0.05, 0.1) is 10.6 Å². The molecule has 3 aromatic rings. The normalized spacial score (nSPS) is 13.9. The lowest BCUT2D eigenvalue weighted by molar-refractivity contribution is 0.0951. The first-order chi connectivity index (χ1) is 19.4. The van der Waals surface area contributed by atoms with E-state index in [0.29, 0.717) is 23.5 Å². The van der Waals surface area contributed by atoms with Gasteiger partial charge in [-0.3, -0.25) is 4.79 Å². The Morgan fingerprint density at radius 2 is 1.55 bits per heavy atom. The lowest BCUT2D eigenvalue weighted by Crippen LogP contribution is -2.34. The molecule has 0 bridgehead atoms. The second-order valence-electron chi connectivity index (χ2n) is 9.86. The molecule has 0 aromatic heterocycles. The molecule has 4 rings (SSSR count). The molecule has 0 radical (unpaired) electrons. The molecule has 0 unspecified atom stereocenters. The Kier molecular flexibility index (Phi) is 10.4. The maximum atomic E-state index is 13.8. The molecule has 1 amide bonds. The molecule has 0 aliphatic carbocycles. The SMILES string of the molecule is CCN(CC)c1cccc(ON(c2ccccc2)S(=O)(=O)c2ccc(C(=O)NCCCN3CCCCC3)cc2)c1. The van der Waals surface area contributed by atoms with E-state index >= 15 is 0 Å². The van der Waals surface area contributed by atoms with Gasteiger partial charge in [-0.25, -0.2) is 0 Å². The van der Waals surface area contributed by atoms with Crippen molar-refractivity contribution in [2.24, 2.45) is 0 Å². The second kappa shape index (κ2) is 14.2. The Morgan fingerprint density at radius 1 is 0.875 bits per heavy atom. The van der Waals surface area contributed by atoms with Gasteiger partial charge in [0, 0.05) is 37.0 Å². The van der Waals surface area contributed by atoms with Crippen molar-refractivity contribution in [2.75, 3.05) is 48.6 Å². The molecule has 1 heterocycles. The summed E-state index contributed by atoms with van der Waals surface area (Å²) in [7, 11) is -4.11. The number of nitrogens with one attached hydrogen (secondary N) is 1. The third-order valence-corrected chi connectivity index (χ3v) is 8.71. The largest absolute Gasteiger partial charge is 0.372 e. The van der Waals surface area contributed by atoms with E-state index < -0.39 is 10.0 Å². The van der Waals surface area contributed by atoms with E-state index in [-0.39, 0.29) is 10.8 Å². The molecule has 0 spiro atoms. The van der Waals surface area contributed by atoms with Crippen LogP contribution in [0.4, 0.5) is 11.4 Å². The number of carbonyl (C=O) groups excluding carboxylic acids is 1. The molecule has 9 heteroatoms. The number of anilines is 2. The first-order valence-electron chi connectivity index (χ1n) is 14.2. The van der Waals surface area contributed by atoms with E-state index in [1.807, 2.05) is 24.3 Å². The molecule has 214 valence electrons. The number of piperidine rings is 1. The fourth-order valence-electron chi connectivity index (χ4n) is 4.88. The van der Waals surface area contributed by atoms with Crippen molar-refractivity contribution >= 4 is 27.3 Å². The van der Waals surface area contributed by atoms with E-state index in [1.54, 1.807) is 30.3 Å². The number of para-hydroxylation sites is 1. The molecule has 1 saturated heterocycles. The number of likely N-dealkylation sites (tertiary alicyclic amines) is 1. The van der Waals surface area contributed by atoms with Gasteiger partial charge >= 0.3 is 0 Å². The molecule has 3 aromatic carbocycles. The van der Waals surface area contributed by atoms with Crippen molar-refractivity contribution < 1.29 is 18.0 Å². The maximum Gasteiger partial charge on any atom is 0.295 e. The summed E-state index contributed by atoms with van der Waals surface area (Å²) >= 11 is 0. The van der Waals surface area contributed by atoms with Crippen molar-refractivity contribution in [3.05, 3.63) is 84.4 Å². The Balaban J connectivity index is 1.47. The molecular weight excluding hydrogens is 524 g/mol. The molecule has 1 aliphatic heterocycles. The Bertz CT molecular complexity index is 1320. The molecule has 8 nitrogen and oxygen atoms in total. The number of benzene rings is 3. The van der Waals surface area contributed by atoms with Gasteiger partial charge < -0.3 is 20.0 Å². The summed E-state index contributed by atoms with van der Waals surface area (Å²) in [6.45, 7) is 9.60. The van der Waals surface area contributed by atoms with Crippen LogP contribution in [0, 0.1) is 0 Å². The van der Waals surface area contributed by atoms with Crippen molar-refractivity contribution in [3.63, 3.8) is 0 Å². The lowest BCUT2D eigenvalue weighted by Gasteiger charge is -2.26. The number of hydrogen-bond donors (Lipinski definition) is 1. The highest BCUT2D eigenvalue weighted by Crippen LogP contribution is 2.28. The quantitative estimate of drug-likeness (QED) is 0.223. The lowest BCUT2D eigenvalue weighted by atomic mass is 10.1. The molecule has 1 fully saturated rings. The number of sulfonamides is 1. The Labute approximate surface area is 238 Å². The van der Waals surface area contributed by atoms with Gasteiger partial charge in [0.1, 0.15) is 0 Å². The summed E-state index contributed by atoms with van der Waals surface area (Å²) in [5.41, 5.74) is 1.72. The van der Waals surface area contributed by atoms with Gasteiger partial charge in [0.25, 0.3) is 15.9 Å². The summed E-state index contributed by atoms with van der Waals surface area (Å²) in [6.07, 6.45) is 4.68. The average Bonchev–Trinajstić information content (AvgIpc) is 3.00. The van der Waals surface area contributed by atoms with Crippen molar-refractivity contribution in [1.29, 1.82) is 0 Å². The molecular formula is C31H40N4O4S. The van der Waals surface area contributed by atoms with E-state index in [2.05, 4.69) is 29.0 Å². The summed E-state index contributed by atoms with van der Waals surface area (Å²) in [4.78, 5) is 23.3. The first-order valence-corrected chi connectivity index (χ1v) is 15.6. The van der Waals surface area contributed by atoms with Gasteiger partial charge in [-0.2, -0.15) is 8.42 Å². The molecule has 0 saturated carbocycles. The minimum absolute atomic E-state index is 0.0258. The van der Waals surface area contributed by atoms with E-state index in [0.717, 1.165) is 49.3 Å². The molecule has 0 atom stereocenters. The van der Waals surface area contributed by atoms with Crippen LogP contribution >= 0.6 is 0 Å². The smallest absolute Gasteiger partial charge is 0.295 e. The minimum atomic E-state index is -4.11. The standard InChI is InChI=1S/C31H40N4O4S/c1-3-34(4-2)28-15-11-16-29(25-28)39-35(27-13-7-5-8-14-27)40(37,38)30-19-17-26(18-20-30)31(36)32-21-12-24-33-22-9-6-10-23-33/h5,7-8,11,13-20,25H,3-4,6,9-10,12,21-24H2,1-2H3,(H,32,36). The van der Waals surface area contributed by atoms with Crippen LogP contribution in [0.1, 0.15) is 49.9 Å². The van der Waals surface area contributed by atoms with E-state index in [1.165, 1.54) is 43.5 Å². The minimum Gasteiger partial charge on any atom is -0.372 e. The number of amides is 1. The van der Waals surface area contributed by atoms with Gasteiger partial charge in [-0.15, -0.1) is 0 Å². The van der Waals surface area contributed by atoms with Crippen LogP contribution in [0.5, 0.6) is 5.75 Å². The van der Waals surface area contributed by atoms with Gasteiger partial charge in [0.15, 0.2) is 5.75 Å². The zero-order valence-electron chi connectivity index (χ0n) is 23.5. The molecule has 1 aliphatic rings. The predicted molar refractivity (Wildman–Crippen MR) is 160 cm³/mol. The number of nitrogens with zero attached hydrogens (tertiary/aromatic N) is 3. The highest BCUT2D eigenvalue weighted by molar-refractivity contribution is 7.92. The van der Waals surface area contributed by atoms with Crippen molar-refractivity contribution in [3.8, 4) is 5.75 Å². The van der Waals surface area contributed by atoms with Gasteiger partial charge in [-0.1, -0.05) is 35.2 Å². The van der Waals surface area contributed by atoms with E-state index in [9.17, 15) is 13.2 Å². The number of rotatable bonds is 13. The summed E-state index contributed by atoms with van der Waals surface area (Å²) in [6, 6.07) is 22.0. The molecule has 1 N–H and O–H groups in total. The first kappa shape index (κ1) is 29.4. The number of hydrogen-bond acceptors (Lipinski definition) is 6. The second-order valence-corrected chi connectivity index (χ2v) is 11.6. The monoisotopic (exact) mass is 564 g/mol. The summed E-state index contributed by atoms with van der Waals surface area (Å²) < 4.78 is 28.5. The predicted octanol–water partition coefficient (Wildman–Crippen LogP) is 5.33. The van der Waals surface area contributed by atoms with Crippen molar-refractivity contribution in [1.82, 2.24) is 10.2 Å². The summed E-state index contributed by atoms with van der Waals surface area (Å²) in [5, 5.41) is 2.95. The third kappa shape index (κ3) is 7.55. The Morgan fingerprint density at radius 3 is 2.23 bits per heavy atom. The Hall–Kier alpha value is -3.56. The van der Waals surface area contributed by atoms with Crippen LogP contribution in [-0.2, 0) is 10.0 Å². The van der Waals surface area contributed by atoms with Gasteiger partial charge in [0.2, 0.25) is 0 Å². The maximum absolute atomic E-state index is 13.8. The highest BCUT2D eigenvalue weighted by Gasteiger charge is 2.28. The van der Waals surface area contributed by atoms with Gasteiger partial charge in [-0.05, 0) is 101 Å². The highest BCUT2D eigenvalue weighted by atomic mass is 32.2. The van der Waals surface area contributed by atoms with Crippen LogP contribution in [0.2, 0.25) is 0 Å². The van der Waals surface area contributed by atoms with Crippen LogP contribution in [0.25, 0.3) is 0 Å². The van der Waals surface area contributed by atoms with Crippen molar-refractivity contribution in [2.45, 2.75) is 44.4 Å². The number of carbonyl (C=O) groups is 1.